The van der Waals surface area contributed by atoms with Gasteiger partial charge in [0.05, 0.1) is 11.9 Å². The molecule has 1 N–H and O–H groups in total. The van der Waals surface area contributed by atoms with Crippen molar-refractivity contribution in [1.82, 2.24) is 4.72 Å². The predicted molar refractivity (Wildman–Crippen MR) is 97.6 cm³/mol. The van der Waals surface area contributed by atoms with E-state index in [2.05, 4.69) is 4.72 Å². The zero-order valence-corrected chi connectivity index (χ0v) is 16.1. The third-order valence-corrected chi connectivity index (χ3v) is 7.65. The highest BCUT2D eigenvalue weighted by Gasteiger charge is 2.21. The lowest BCUT2D eigenvalue weighted by Gasteiger charge is -2.25. The molecule has 132 valence electrons. The Morgan fingerprint density at radius 1 is 1.08 bits per heavy atom. The summed E-state index contributed by atoms with van der Waals surface area (Å²) in [6, 6.07) is 8.56. The Balaban J connectivity index is 2.19. The molecule has 6 nitrogen and oxygen atoms in total. The van der Waals surface area contributed by atoms with E-state index in [-0.39, 0.29) is 17.3 Å². The Kier molecular flexibility index (Phi) is 5.69. The number of nitrogens with zero attached hydrogens (tertiary/aromatic N) is 1. The van der Waals surface area contributed by atoms with Gasteiger partial charge in [-0.05, 0) is 42.5 Å². The number of hydrogen-bond donors (Lipinski definition) is 1. The van der Waals surface area contributed by atoms with Gasteiger partial charge in [-0.25, -0.2) is 21.6 Å². The van der Waals surface area contributed by atoms with Crippen molar-refractivity contribution >= 4 is 37.1 Å². The summed E-state index contributed by atoms with van der Waals surface area (Å²) in [5, 5.41) is 1.67. The van der Waals surface area contributed by atoms with Gasteiger partial charge in [0.25, 0.3) is 0 Å². The monoisotopic (exact) mass is 388 g/mol. The Hall–Kier alpha value is -1.42. The largest absolute Gasteiger partial charge is 0.269 e. The lowest BCUT2D eigenvalue weighted by molar-refractivity contribution is 0.580. The summed E-state index contributed by atoms with van der Waals surface area (Å²) < 4.78 is 52.4. The van der Waals surface area contributed by atoms with E-state index in [1.54, 1.807) is 23.6 Å². The standard InChI is InChI=1S/C15H20N2O4S3/c1-12-6-4-7-14(13(12)2)17(23(3,18)19)10-9-16-24(20,21)15-8-5-11-22-15/h4-8,11,16H,9-10H2,1-3H3. The van der Waals surface area contributed by atoms with E-state index in [4.69, 9.17) is 0 Å². The van der Waals surface area contributed by atoms with Crippen molar-refractivity contribution in [3.63, 3.8) is 0 Å². The van der Waals surface area contributed by atoms with Crippen molar-refractivity contribution in [1.29, 1.82) is 0 Å². The second-order valence-electron chi connectivity index (χ2n) is 5.38. The summed E-state index contributed by atoms with van der Waals surface area (Å²) in [5.41, 5.74) is 2.39. The fourth-order valence-corrected chi connectivity index (χ4v) is 5.28. The van der Waals surface area contributed by atoms with Crippen LogP contribution in [0.2, 0.25) is 0 Å². The third kappa shape index (κ3) is 4.35. The molecule has 1 aromatic heterocycles. The van der Waals surface area contributed by atoms with Gasteiger partial charge < -0.3 is 0 Å². The third-order valence-electron chi connectivity index (χ3n) is 3.61. The molecule has 2 rings (SSSR count). The van der Waals surface area contributed by atoms with Crippen LogP contribution in [0.4, 0.5) is 5.69 Å². The van der Waals surface area contributed by atoms with Crippen LogP contribution >= 0.6 is 11.3 Å². The minimum absolute atomic E-state index is 0.0132. The van der Waals surface area contributed by atoms with Crippen LogP contribution in [0.3, 0.4) is 0 Å². The summed E-state index contributed by atoms with van der Waals surface area (Å²) in [6.07, 6.45) is 1.11. The number of aryl methyl sites for hydroxylation is 1. The van der Waals surface area contributed by atoms with E-state index in [1.807, 2.05) is 19.9 Å². The van der Waals surface area contributed by atoms with E-state index >= 15 is 0 Å². The van der Waals surface area contributed by atoms with Gasteiger partial charge in [0.2, 0.25) is 20.0 Å². The zero-order valence-electron chi connectivity index (χ0n) is 13.7. The van der Waals surface area contributed by atoms with Crippen molar-refractivity contribution in [3.05, 3.63) is 46.8 Å². The molecule has 2 aromatic rings. The van der Waals surface area contributed by atoms with E-state index in [1.165, 1.54) is 10.4 Å². The number of hydrogen-bond acceptors (Lipinski definition) is 5. The molecule has 0 bridgehead atoms. The molecular weight excluding hydrogens is 368 g/mol. The molecule has 0 amide bonds. The SMILES string of the molecule is Cc1cccc(N(CCNS(=O)(=O)c2cccs2)S(C)(=O)=O)c1C. The van der Waals surface area contributed by atoms with Crippen molar-refractivity contribution in [2.45, 2.75) is 18.1 Å². The average Bonchev–Trinajstić information content (AvgIpc) is 3.01. The molecule has 9 heteroatoms. The lowest BCUT2D eigenvalue weighted by atomic mass is 10.1. The van der Waals surface area contributed by atoms with Crippen molar-refractivity contribution in [2.24, 2.45) is 0 Å². The number of sulfonamides is 2. The highest BCUT2D eigenvalue weighted by atomic mass is 32.2. The minimum atomic E-state index is -3.61. The summed E-state index contributed by atoms with van der Waals surface area (Å²) in [7, 11) is -7.14. The van der Waals surface area contributed by atoms with Crippen LogP contribution in [-0.2, 0) is 20.0 Å². The van der Waals surface area contributed by atoms with Gasteiger partial charge in [-0.3, -0.25) is 4.31 Å². The number of rotatable bonds is 7. The Morgan fingerprint density at radius 3 is 2.38 bits per heavy atom. The van der Waals surface area contributed by atoms with Crippen molar-refractivity contribution in [2.75, 3.05) is 23.7 Å². The molecule has 0 atom stereocenters. The van der Waals surface area contributed by atoms with Gasteiger partial charge in [-0.2, -0.15) is 0 Å². The molecule has 0 spiro atoms. The molecule has 1 heterocycles. The lowest BCUT2D eigenvalue weighted by Crippen LogP contribution is -2.38. The minimum Gasteiger partial charge on any atom is -0.269 e. The maximum Gasteiger partial charge on any atom is 0.250 e. The quantitative estimate of drug-likeness (QED) is 0.787. The molecule has 0 aliphatic rings. The van der Waals surface area contributed by atoms with Crippen LogP contribution in [0.25, 0.3) is 0 Å². The normalized spacial score (nSPS) is 12.3. The topological polar surface area (TPSA) is 83.6 Å². The van der Waals surface area contributed by atoms with Crippen molar-refractivity contribution < 1.29 is 16.8 Å². The first-order chi connectivity index (χ1) is 11.1. The summed E-state index contributed by atoms with van der Waals surface area (Å²) >= 11 is 1.11. The van der Waals surface area contributed by atoms with E-state index in [0.29, 0.717) is 5.69 Å². The van der Waals surface area contributed by atoms with Crippen LogP contribution in [0, 0.1) is 13.8 Å². The van der Waals surface area contributed by atoms with Crippen LogP contribution in [0.5, 0.6) is 0 Å². The number of benzene rings is 1. The van der Waals surface area contributed by atoms with Gasteiger partial charge in [0, 0.05) is 13.1 Å². The second-order valence-corrected chi connectivity index (χ2v) is 10.2. The smallest absolute Gasteiger partial charge is 0.250 e. The van der Waals surface area contributed by atoms with Crippen molar-refractivity contribution in [3.8, 4) is 0 Å². The van der Waals surface area contributed by atoms with Crippen LogP contribution in [0.15, 0.2) is 39.9 Å². The highest BCUT2D eigenvalue weighted by Crippen LogP contribution is 2.24. The first kappa shape index (κ1) is 18.9. The van der Waals surface area contributed by atoms with Crippen LogP contribution in [0.1, 0.15) is 11.1 Å². The molecule has 0 saturated carbocycles. The van der Waals surface area contributed by atoms with Crippen LogP contribution in [-0.4, -0.2) is 36.2 Å². The highest BCUT2D eigenvalue weighted by molar-refractivity contribution is 7.92. The number of anilines is 1. The predicted octanol–water partition coefficient (Wildman–Crippen LogP) is 2.11. The fourth-order valence-electron chi connectivity index (χ4n) is 2.24. The maximum absolute atomic E-state index is 12.1. The first-order valence-electron chi connectivity index (χ1n) is 7.20. The van der Waals surface area contributed by atoms with E-state index in [0.717, 1.165) is 28.7 Å². The first-order valence-corrected chi connectivity index (χ1v) is 11.4. The zero-order chi connectivity index (χ0) is 18.0. The van der Waals surface area contributed by atoms with Gasteiger partial charge in [0.15, 0.2) is 0 Å². The Morgan fingerprint density at radius 2 is 1.79 bits per heavy atom. The molecule has 0 radical (unpaired) electrons. The van der Waals surface area contributed by atoms with Gasteiger partial charge in [-0.1, -0.05) is 18.2 Å². The average molecular weight is 389 g/mol. The summed E-state index contributed by atoms with van der Waals surface area (Å²) in [5.74, 6) is 0. The van der Waals surface area contributed by atoms with Gasteiger partial charge >= 0.3 is 0 Å². The number of nitrogens with one attached hydrogen (secondary N) is 1. The molecule has 0 aliphatic carbocycles. The van der Waals surface area contributed by atoms with Crippen LogP contribution < -0.4 is 9.03 Å². The van der Waals surface area contributed by atoms with E-state index in [9.17, 15) is 16.8 Å². The summed E-state index contributed by atoms with van der Waals surface area (Å²) in [6.45, 7) is 3.76. The molecular formula is C15H20N2O4S3. The maximum atomic E-state index is 12.1. The van der Waals surface area contributed by atoms with E-state index < -0.39 is 20.0 Å². The molecule has 0 aliphatic heterocycles. The summed E-state index contributed by atoms with van der Waals surface area (Å²) in [4.78, 5) is 0. The molecule has 1 aromatic carbocycles. The van der Waals surface area contributed by atoms with Gasteiger partial charge in [0.1, 0.15) is 4.21 Å². The molecule has 24 heavy (non-hydrogen) atoms. The fraction of sp³-hybridized carbons (Fsp3) is 0.333. The Bertz CT molecular complexity index is 904. The Labute approximate surface area is 147 Å². The molecule has 0 fully saturated rings. The second kappa shape index (κ2) is 7.22. The molecule has 0 unspecified atom stereocenters. The van der Waals surface area contributed by atoms with Gasteiger partial charge in [-0.15, -0.1) is 11.3 Å². The molecule has 0 saturated heterocycles. The number of thiophene rings is 1.